The molecule has 0 saturated heterocycles. The summed E-state index contributed by atoms with van der Waals surface area (Å²) in [4.78, 5) is 12.6. The normalized spacial score (nSPS) is 11.1. The Kier molecular flexibility index (Phi) is 3.08. The summed E-state index contributed by atoms with van der Waals surface area (Å²) in [5.74, 6) is -0.464. The maximum absolute atomic E-state index is 13.2. The lowest BCUT2D eigenvalue weighted by atomic mass is 10.2. The Bertz CT molecular complexity index is 813. The molecule has 0 saturated carbocycles. The highest BCUT2D eigenvalue weighted by Gasteiger charge is 2.11. The molecule has 0 atom stereocenters. The van der Waals surface area contributed by atoms with E-state index in [1.165, 1.54) is 47.6 Å². The van der Waals surface area contributed by atoms with Crippen molar-refractivity contribution in [1.82, 2.24) is 10.2 Å². The Morgan fingerprint density at radius 3 is 2.95 bits per heavy atom. The number of rotatable bonds is 2. The highest BCUT2D eigenvalue weighted by molar-refractivity contribution is 8.01. The molecule has 0 N–H and O–H groups in total. The maximum atomic E-state index is 13.2. The lowest BCUT2D eigenvalue weighted by molar-refractivity contribution is 0.583. The van der Waals surface area contributed by atoms with Crippen LogP contribution < -0.4 is 5.43 Å². The fourth-order valence-electron chi connectivity index (χ4n) is 1.57. The van der Waals surface area contributed by atoms with E-state index in [9.17, 15) is 9.18 Å². The lowest BCUT2D eigenvalue weighted by Crippen LogP contribution is -2.03. The number of aryl methyl sites for hydroxylation is 1. The molecule has 96 valence electrons. The lowest BCUT2D eigenvalue weighted by Gasteiger charge is -1.99. The highest BCUT2D eigenvalue weighted by atomic mass is 32.2. The molecule has 0 aliphatic rings. The van der Waals surface area contributed by atoms with Gasteiger partial charge in [-0.15, -0.1) is 10.2 Å². The average Bonchev–Trinajstić information content (AvgIpc) is 2.79. The molecule has 1 aromatic carbocycles. The third-order valence-corrected chi connectivity index (χ3v) is 4.30. The quantitative estimate of drug-likeness (QED) is 0.726. The molecule has 0 aliphatic heterocycles. The van der Waals surface area contributed by atoms with E-state index < -0.39 is 5.82 Å². The van der Waals surface area contributed by atoms with Gasteiger partial charge in [0.2, 0.25) is 5.43 Å². The van der Waals surface area contributed by atoms with Crippen molar-refractivity contribution in [1.29, 1.82) is 0 Å². The maximum Gasteiger partial charge on any atom is 0.206 e. The van der Waals surface area contributed by atoms with Gasteiger partial charge in [0.25, 0.3) is 0 Å². The zero-order valence-corrected chi connectivity index (χ0v) is 11.3. The summed E-state index contributed by atoms with van der Waals surface area (Å²) in [6.07, 6.45) is 1.37. The van der Waals surface area contributed by atoms with Gasteiger partial charge in [0.1, 0.15) is 22.7 Å². The van der Waals surface area contributed by atoms with E-state index in [4.69, 9.17) is 4.42 Å². The van der Waals surface area contributed by atoms with Gasteiger partial charge in [-0.25, -0.2) is 4.39 Å². The van der Waals surface area contributed by atoms with Gasteiger partial charge < -0.3 is 4.42 Å². The van der Waals surface area contributed by atoms with E-state index in [-0.39, 0.29) is 10.8 Å². The summed E-state index contributed by atoms with van der Waals surface area (Å²) in [5, 5.41) is 8.85. The number of fused-ring (bicyclic) bond motifs is 1. The van der Waals surface area contributed by atoms with E-state index in [1.54, 1.807) is 0 Å². The third-order valence-electron chi connectivity index (χ3n) is 2.41. The summed E-state index contributed by atoms with van der Waals surface area (Å²) < 4.78 is 19.2. The summed E-state index contributed by atoms with van der Waals surface area (Å²) in [5.41, 5.74) is 0.0998. The van der Waals surface area contributed by atoms with Crippen molar-refractivity contribution < 1.29 is 8.81 Å². The number of nitrogens with zero attached hydrogens (tertiary/aromatic N) is 2. The largest absolute Gasteiger partial charge is 0.463 e. The molecule has 3 rings (SSSR count). The van der Waals surface area contributed by atoms with Crippen molar-refractivity contribution in [3.05, 3.63) is 45.5 Å². The van der Waals surface area contributed by atoms with Gasteiger partial charge in [0, 0.05) is 0 Å². The van der Waals surface area contributed by atoms with Crippen LogP contribution in [0.2, 0.25) is 0 Å². The minimum absolute atomic E-state index is 0.228. The Labute approximate surface area is 115 Å². The van der Waals surface area contributed by atoms with Crippen molar-refractivity contribution in [2.45, 2.75) is 16.2 Å². The minimum Gasteiger partial charge on any atom is -0.463 e. The molecule has 0 fully saturated rings. The molecule has 0 unspecified atom stereocenters. The standard InChI is InChI=1S/C12H7FN2O2S2/c1-6-14-15-12(18-6)19-10-5-17-9-3-2-7(13)4-8(9)11(10)16/h2-5H,1H3. The topological polar surface area (TPSA) is 56.0 Å². The SMILES string of the molecule is Cc1nnc(Sc2coc3ccc(F)cc3c2=O)s1. The minimum atomic E-state index is -0.464. The number of hydrogen-bond donors (Lipinski definition) is 0. The Hall–Kier alpha value is -1.73. The first kappa shape index (κ1) is 12.3. The summed E-state index contributed by atoms with van der Waals surface area (Å²) in [7, 11) is 0. The molecule has 0 aliphatic carbocycles. The molecule has 3 aromatic rings. The molecular weight excluding hydrogens is 287 g/mol. The van der Waals surface area contributed by atoms with Crippen LogP contribution in [-0.4, -0.2) is 10.2 Å². The van der Waals surface area contributed by atoms with Gasteiger partial charge in [0.05, 0.1) is 10.3 Å². The van der Waals surface area contributed by atoms with Crippen LogP contribution >= 0.6 is 23.1 Å². The van der Waals surface area contributed by atoms with Gasteiger partial charge in [0.15, 0.2) is 4.34 Å². The van der Waals surface area contributed by atoms with Crippen LogP contribution in [0.4, 0.5) is 4.39 Å². The second-order valence-corrected chi connectivity index (χ2v) is 6.23. The van der Waals surface area contributed by atoms with E-state index in [2.05, 4.69) is 10.2 Å². The van der Waals surface area contributed by atoms with Crippen LogP contribution in [0.3, 0.4) is 0 Å². The third kappa shape index (κ3) is 2.39. The van der Waals surface area contributed by atoms with Crippen LogP contribution in [0, 0.1) is 12.7 Å². The number of halogens is 1. The van der Waals surface area contributed by atoms with E-state index in [0.717, 1.165) is 5.01 Å². The molecule has 4 nitrogen and oxygen atoms in total. The van der Waals surface area contributed by atoms with Crippen molar-refractivity contribution in [2.24, 2.45) is 0 Å². The molecule has 2 aromatic heterocycles. The van der Waals surface area contributed by atoms with Gasteiger partial charge in [-0.2, -0.15) is 0 Å². The average molecular weight is 294 g/mol. The Balaban J connectivity index is 2.09. The molecular formula is C12H7FN2O2S2. The van der Waals surface area contributed by atoms with Crippen molar-refractivity contribution in [2.75, 3.05) is 0 Å². The smallest absolute Gasteiger partial charge is 0.206 e. The van der Waals surface area contributed by atoms with Crippen molar-refractivity contribution >= 4 is 34.1 Å². The van der Waals surface area contributed by atoms with Crippen molar-refractivity contribution in [3.63, 3.8) is 0 Å². The summed E-state index contributed by atoms with van der Waals surface area (Å²) in [6, 6.07) is 3.87. The zero-order chi connectivity index (χ0) is 13.4. The van der Waals surface area contributed by atoms with Crippen molar-refractivity contribution in [3.8, 4) is 0 Å². The Morgan fingerprint density at radius 1 is 1.37 bits per heavy atom. The van der Waals surface area contributed by atoms with E-state index >= 15 is 0 Å². The van der Waals surface area contributed by atoms with Crippen LogP contribution in [0.15, 0.2) is 42.9 Å². The molecule has 0 radical (unpaired) electrons. The molecule has 0 spiro atoms. The number of benzene rings is 1. The predicted molar refractivity (Wildman–Crippen MR) is 71.2 cm³/mol. The summed E-state index contributed by atoms with van der Waals surface area (Å²) in [6.45, 7) is 1.83. The Morgan fingerprint density at radius 2 is 2.21 bits per heavy atom. The second-order valence-electron chi connectivity index (χ2n) is 3.76. The molecule has 19 heavy (non-hydrogen) atoms. The number of hydrogen-bond acceptors (Lipinski definition) is 6. The zero-order valence-electron chi connectivity index (χ0n) is 9.71. The molecule has 7 heteroatoms. The highest BCUT2D eigenvalue weighted by Crippen LogP contribution is 2.29. The van der Waals surface area contributed by atoms with Gasteiger partial charge in [-0.05, 0) is 36.9 Å². The van der Waals surface area contributed by atoms with Crippen LogP contribution in [0.1, 0.15) is 5.01 Å². The first-order chi connectivity index (χ1) is 9.13. The van der Waals surface area contributed by atoms with Crippen LogP contribution in [-0.2, 0) is 0 Å². The van der Waals surface area contributed by atoms with E-state index in [1.807, 2.05) is 6.92 Å². The van der Waals surface area contributed by atoms with Gasteiger partial charge in [-0.1, -0.05) is 11.3 Å². The fourth-order valence-corrected chi connectivity index (χ4v) is 3.35. The first-order valence-corrected chi connectivity index (χ1v) is 6.96. The second kappa shape index (κ2) is 4.75. The predicted octanol–water partition coefficient (Wildman–Crippen LogP) is 3.24. The molecule has 0 bridgehead atoms. The van der Waals surface area contributed by atoms with Crippen LogP contribution in [0.5, 0.6) is 0 Å². The first-order valence-electron chi connectivity index (χ1n) is 5.32. The van der Waals surface area contributed by atoms with Gasteiger partial charge >= 0.3 is 0 Å². The van der Waals surface area contributed by atoms with Crippen LogP contribution in [0.25, 0.3) is 11.0 Å². The summed E-state index contributed by atoms with van der Waals surface area (Å²) >= 11 is 2.56. The van der Waals surface area contributed by atoms with E-state index in [0.29, 0.717) is 14.8 Å². The molecule has 2 heterocycles. The monoisotopic (exact) mass is 294 g/mol. The molecule has 0 amide bonds. The number of aromatic nitrogens is 2. The fraction of sp³-hybridized carbons (Fsp3) is 0.0833. The van der Waals surface area contributed by atoms with Gasteiger partial charge in [-0.3, -0.25) is 4.79 Å².